The minimum Gasteiger partial charge on any atom is -0.459 e. The SMILES string of the molecule is Clc1cc(NCc2ccc(-c3ccccc3)o2)ccc1N1CCOCC1. The molecule has 0 spiro atoms. The molecule has 4 rings (SSSR count). The van der Waals surface area contributed by atoms with E-state index in [1.54, 1.807) is 0 Å². The number of nitrogens with one attached hydrogen (secondary N) is 1. The van der Waals surface area contributed by atoms with E-state index in [9.17, 15) is 0 Å². The fraction of sp³-hybridized carbons (Fsp3) is 0.238. The van der Waals surface area contributed by atoms with E-state index in [1.165, 1.54) is 0 Å². The molecule has 134 valence electrons. The number of morpholine rings is 1. The molecule has 1 aromatic heterocycles. The molecule has 5 heteroatoms. The molecule has 0 unspecified atom stereocenters. The van der Waals surface area contributed by atoms with Gasteiger partial charge in [-0.15, -0.1) is 0 Å². The number of hydrogen-bond donors (Lipinski definition) is 1. The van der Waals surface area contributed by atoms with E-state index >= 15 is 0 Å². The molecule has 1 N–H and O–H groups in total. The minimum atomic E-state index is 0.611. The number of ether oxygens (including phenoxy) is 1. The molecule has 1 aliphatic heterocycles. The Morgan fingerprint density at radius 3 is 2.54 bits per heavy atom. The standard InChI is InChI=1S/C21H21ClN2O2/c22-19-14-17(6-8-20(19)24-10-12-25-13-11-24)23-15-18-7-9-21(26-18)16-4-2-1-3-5-16/h1-9,14,23H,10-13,15H2. The Morgan fingerprint density at radius 2 is 1.77 bits per heavy atom. The molecule has 2 heterocycles. The van der Waals surface area contributed by atoms with Crippen molar-refractivity contribution in [1.29, 1.82) is 0 Å². The highest BCUT2D eigenvalue weighted by molar-refractivity contribution is 6.33. The van der Waals surface area contributed by atoms with Crippen LogP contribution in [0.25, 0.3) is 11.3 Å². The van der Waals surface area contributed by atoms with Crippen molar-refractivity contribution in [1.82, 2.24) is 0 Å². The Labute approximate surface area is 158 Å². The van der Waals surface area contributed by atoms with E-state index in [0.29, 0.717) is 6.54 Å². The second-order valence-corrected chi connectivity index (χ2v) is 6.66. The lowest BCUT2D eigenvalue weighted by Gasteiger charge is -2.29. The molecule has 1 aliphatic rings. The van der Waals surface area contributed by atoms with Crippen LogP contribution in [0.4, 0.5) is 11.4 Å². The summed E-state index contributed by atoms with van der Waals surface area (Å²) < 4.78 is 11.3. The van der Waals surface area contributed by atoms with Crippen molar-refractivity contribution in [2.45, 2.75) is 6.54 Å². The van der Waals surface area contributed by atoms with E-state index < -0.39 is 0 Å². The third kappa shape index (κ3) is 3.87. The number of rotatable bonds is 5. The Bertz CT molecular complexity index is 857. The Morgan fingerprint density at radius 1 is 0.962 bits per heavy atom. The van der Waals surface area contributed by atoms with Crippen LogP contribution in [0.1, 0.15) is 5.76 Å². The first kappa shape index (κ1) is 17.0. The van der Waals surface area contributed by atoms with Gasteiger partial charge in [0.25, 0.3) is 0 Å². The van der Waals surface area contributed by atoms with Crippen LogP contribution in [0, 0.1) is 0 Å². The first-order valence-corrected chi connectivity index (χ1v) is 9.18. The van der Waals surface area contributed by atoms with Gasteiger partial charge in [0.15, 0.2) is 0 Å². The topological polar surface area (TPSA) is 37.6 Å². The monoisotopic (exact) mass is 368 g/mol. The van der Waals surface area contributed by atoms with Gasteiger partial charge in [-0.05, 0) is 30.3 Å². The Hall–Kier alpha value is -2.43. The Balaban J connectivity index is 1.40. The minimum absolute atomic E-state index is 0.611. The third-order valence-corrected chi connectivity index (χ3v) is 4.79. The molecule has 0 aliphatic carbocycles. The lowest BCUT2D eigenvalue weighted by atomic mass is 10.2. The van der Waals surface area contributed by atoms with Gasteiger partial charge in [0.1, 0.15) is 11.5 Å². The highest BCUT2D eigenvalue weighted by atomic mass is 35.5. The molecular formula is C21H21ClN2O2. The average Bonchev–Trinajstić information content (AvgIpc) is 3.17. The number of halogens is 1. The smallest absolute Gasteiger partial charge is 0.134 e. The van der Waals surface area contributed by atoms with E-state index in [4.69, 9.17) is 20.8 Å². The highest BCUT2D eigenvalue weighted by Gasteiger charge is 2.14. The maximum absolute atomic E-state index is 6.48. The van der Waals surface area contributed by atoms with Crippen molar-refractivity contribution >= 4 is 23.0 Å². The number of anilines is 2. The van der Waals surface area contributed by atoms with Gasteiger partial charge in [-0.1, -0.05) is 41.9 Å². The van der Waals surface area contributed by atoms with Crippen molar-refractivity contribution < 1.29 is 9.15 Å². The van der Waals surface area contributed by atoms with Gasteiger partial charge < -0.3 is 19.4 Å². The van der Waals surface area contributed by atoms with Gasteiger partial charge in [-0.2, -0.15) is 0 Å². The van der Waals surface area contributed by atoms with Gasteiger partial charge in [0.05, 0.1) is 30.5 Å². The molecule has 0 atom stereocenters. The lowest BCUT2D eigenvalue weighted by Crippen LogP contribution is -2.36. The van der Waals surface area contributed by atoms with Gasteiger partial charge in [0.2, 0.25) is 0 Å². The van der Waals surface area contributed by atoms with Crippen LogP contribution in [-0.4, -0.2) is 26.3 Å². The molecule has 0 saturated carbocycles. The van der Waals surface area contributed by atoms with Crippen LogP contribution >= 0.6 is 11.6 Å². The fourth-order valence-corrected chi connectivity index (χ4v) is 3.40. The predicted molar refractivity (Wildman–Crippen MR) is 106 cm³/mol. The van der Waals surface area contributed by atoms with Gasteiger partial charge in [-0.25, -0.2) is 0 Å². The maximum atomic E-state index is 6.48. The second kappa shape index (κ2) is 7.85. The van der Waals surface area contributed by atoms with E-state index in [1.807, 2.05) is 48.5 Å². The van der Waals surface area contributed by atoms with Crippen molar-refractivity contribution in [2.24, 2.45) is 0 Å². The van der Waals surface area contributed by atoms with E-state index in [2.05, 4.69) is 22.3 Å². The van der Waals surface area contributed by atoms with Crippen LogP contribution in [0.3, 0.4) is 0 Å². The summed E-state index contributed by atoms with van der Waals surface area (Å²) in [6, 6.07) is 20.2. The van der Waals surface area contributed by atoms with Crippen LogP contribution < -0.4 is 10.2 Å². The third-order valence-electron chi connectivity index (χ3n) is 4.49. The number of furan rings is 1. The molecule has 1 saturated heterocycles. The molecular weight excluding hydrogens is 348 g/mol. The summed E-state index contributed by atoms with van der Waals surface area (Å²) in [4.78, 5) is 2.26. The Kier molecular flexibility index (Phi) is 5.14. The lowest BCUT2D eigenvalue weighted by molar-refractivity contribution is 0.122. The van der Waals surface area contributed by atoms with E-state index in [-0.39, 0.29) is 0 Å². The molecule has 0 amide bonds. The van der Waals surface area contributed by atoms with Gasteiger partial charge >= 0.3 is 0 Å². The first-order valence-electron chi connectivity index (χ1n) is 8.80. The summed E-state index contributed by atoms with van der Waals surface area (Å²) >= 11 is 6.48. The normalized spacial score (nSPS) is 14.4. The number of nitrogens with zero attached hydrogens (tertiary/aromatic N) is 1. The largest absolute Gasteiger partial charge is 0.459 e. The van der Waals surface area contributed by atoms with Gasteiger partial charge in [-0.3, -0.25) is 0 Å². The van der Waals surface area contributed by atoms with Crippen molar-refractivity contribution in [3.8, 4) is 11.3 Å². The molecule has 0 bridgehead atoms. The van der Waals surface area contributed by atoms with Crippen LogP contribution in [0.2, 0.25) is 5.02 Å². The van der Waals surface area contributed by atoms with E-state index in [0.717, 1.165) is 59.8 Å². The molecule has 1 fully saturated rings. The van der Waals surface area contributed by atoms with Crippen LogP contribution in [0.15, 0.2) is 65.1 Å². The first-order chi connectivity index (χ1) is 12.8. The zero-order valence-electron chi connectivity index (χ0n) is 14.5. The van der Waals surface area contributed by atoms with Crippen LogP contribution in [-0.2, 0) is 11.3 Å². The summed E-state index contributed by atoms with van der Waals surface area (Å²) in [7, 11) is 0. The molecule has 4 nitrogen and oxygen atoms in total. The summed E-state index contributed by atoms with van der Waals surface area (Å²) in [6.07, 6.45) is 0. The summed E-state index contributed by atoms with van der Waals surface area (Å²) in [5, 5.41) is 4.13. The maximum Gasteiger partial charge on any atom is 0.134 e. The summed E-state index contributed by atoms with van der Waals surface area (Å²) in [5.41, 5.74) is 3.12. The predicted octanol–water partition coefficient (Wildman–Crippen LogP) is 5.05. The fourth-order valence-electron chi connectivity index (χ4n) is 3.10. The number of hydrogen-bond acceptors (Lipinski definition) is 4. The quantitative estimate of drug-likeness (QED) is 0.684. The summed E-state index contributed by atoms with van der Waals surface area (Å²) in [6.45, 7) is 3.86. The van der Waals surface area contributed by atoms with Crippen LogP contribution in [0.5, 0.6) is 0 Å². The molecule has 0 radical (unpaired) electrons. The zero-order valence-corrected chi connectivity index (χ0v) is 15.2. The van der Waals surface area contributed by atoms with Crippen molar-refractivity contribution in [2.75, 3.05) is 36.5 Å². The number of benzene rings is 2. The van der Waals surface area contributed by atoms with Crippen molar-refractivity contribution in [3.63, 3.8) is 0 Å². The van der Waals surface area contributed by atoms with Gasteiger partial charge in [0, 0.05) is 24.3 Å². The molecule has 2 aromatic carbocycles. The average molecular weight is 369 g/mol. The zero-order chi connectivity index (χ0) is 17.8. The van der Waals surface area contributed by atoms with Crippen molar-refractivity contribution in [3.05, 3.63) is 71.4 Å². The summed E-state index contributed by atoms with van der Waals surface area (Å²) in [5.74, 6) is 1.76. The second-order valence-electron chi connectivity index (χ2n) is 6.25. The molecule has 26 heavy (non-hydrogen) atoms. The highest BCUT2D eigenvalue weighted by Crippen LogP contribution is 2.30. The molecule has 3 aromatic rings.